The van der Waals surface area contributed by atoms with Crippen LogP contribution < -0.4 is 0 Å². The molecule has 0 aliphatic rings. The van der Waals surface area contributed by atoms with E-state index >= 15 is 0 Å². The van der Waals surface area contributed by atoms with Gasteiger partial charge < -0.3 is 0 Å². The predicted octanol–water partition coefficient (Wildman–Crippen LogP) is 3.10. The number of benzene rings is 1. The molecular weight excluding hydrogens is 212 g/mol. The minimum Gasteiger partial charge on any atom is -0.292 e. The lowest BCUT2D eigenvalue weighted by Crippen LogP contribution is -2.10. The number of carbonyl (C=O) groups excluding carboxylic acids is 1. The molecule has 17 heavy (non-hydrogen) atoms. The Labute approximate surface area is 101 Å². The Bertz CT molecular complexity index is 500. The van der Waals surface area contributed by atoms with Gasteiger partial charge in [0.2, 0.25) is 0 Å². The summed E-state index contributed by atoms with van der Waals surface area (Å²) < 4.78 is 1.70. The molecular formula is C14H16N2O. The lowest BCUT2D eigenvalue weighted by atomic mass is 10.1. The zero-order chi connectivity index (χ0) is 12.3. The highest BCUT2D eigenvalue weighted by molar-refractivity contribution is 5.95. The first-order chi connectivity index (χ1) is 8.18. The van der Waals surface area contributed by atoms with Crippen LogP contribution in [0.25, 0.3) is 5.69 Å². The van der Waals surface area contributed by atoms with Crippen LogP contribution in [-0.4, -0.2) is 15.6 Å². The van der Waals surface area contributed by atoms with Gasteiger partial charge in [-0.3, -0.25) is 4.79 Å². The van der Waals surface area contributed by atoms with E-state index in [1.165, 1.54) is 0 Å². The van der Waals surface area contributed by atoms with E-state index in [-0.39, 0.29) is 5.78 Å². The van der Waals surface area contributed by atoms with E-state index < -0.39 is 0 Å². The summed E-state index contributed by atoms with van der Waals surface area (Å²) in [7, 11) is 0. The van der Waals surface area contributed by atoms with Crippen LogP contribution in [0.2, 0.25) is 0 Å². The molecule has 2 aromatic rings. The van der Waals surface area contributed by atoms with Crippen molar-refractivity contribution in [2.75, 3.05) is 0 Å². The number of hydrogen-bond donors (Lipinski definition) is 0. The van der Waals surface area contributed by atoms with Gasteiger partial charge in [0.25, 0.3) is 0 Å². The number of hydrogen-bond acceptors (Lipinski definition) is 2. The second-order valence-electron chi connectivity index (χ2n) is 4.48. The summed E-state index contributed by atoms with van der Waals surface area (Å²) in [4.78, 5) is 12.0. The second kappa shape index (κ2) is 4.95. The maximum Gasteiger partial charge on any atom is 0.181 e. The van der Waals surface area contributed by atoms with Gasteiger partial charge >= 0.3 is 0 Å². The molecule has 0 amide bonds. The van der Waals surface area contributed by atoms with Crippen molar-refractivity contribution in [1.29, 1.82) is 0 Å². The van der Waals surface area contributed by atoms with Gasteiger partial charge in [-0.15, -0.1) is 0 Å². The molecule has 0 spiro atoms. The highest BCUT2D eigenvalue weighted by Crippen LogP contribution is 2.13. The molecule has 88 valence electrons. The van der Waals surface area contributed by atoms with Crippen LogP contribution in [-0.2, 0) is 0 Å². The summed E-state index contributed by atoms with van der Waals surface area (Å²) in [6.07, 6.45) is 2.22. The predicted molar refractivity (Wildman–Crippen MR) is 67.3 cm³/mol. The standard InChI is InChI=1S/C14H16N2O/c1-11(2)10-14(17)13-8-9-15-16(13)12-6-4-3-5-7-12/h3-9,11H,10H2,1-2H3. The van der Waals surface area contributed by atoms with Crippen molar-refractivity contribution < 1.29 is 4.79 Å². The molecule has 0 atom stereocenters. The molecule has 0 aliphatic carbocycles. The molecule has 0 bridgehead atoms. The number of nitrogens with zero attached hydrogens (tertiary/aromatic N) is 2. The van der Waals surface area contributed by atoms with E-state index in [1.54, 1.807) is 16.9 Å². The first kappa shape index (κ1) is 11.6. The molecule has 3 nitrogen and oxygen atoms in total. The van der Waals surface area contributed by atoms with Crippen molar-refractivity contribution in [3.05, 3.63) is 48.3 Å². The summed E-state index contributed by atoms with van der Waals surface area (Å²) in [5.41, 5.74) is 1.58. The summed E-state index contributed by atoms with van der Waals surface area (Å²) >= 11 is 0. The fraction of sp³-hybridized carbons (Fsp3) is 0.286. The fourth-order valence-corrected chi connectivity index (χ4v) is 1.76. The zero-order valence-corrected chi connectivity index (χ0v) is 10.1. The highest BCUT2D eigenvalue weighted by Gasteiger charge is 2.14. The van der Waals surface area contributed by atoms with E-state index in [1.807, 2.05) is 44.2 Å². The Morgan fingerprint density at radius 3 is 2.59 bits per heavy atom. The SMILES string of the molecule is CC(C)CC(=O)c1ccnn1-c1ccccc1. The molecule has 0 unspecified atom stereocenters. The maximum absolute atomic E-state index is 12.0. The Morgan fingerprint density at radius 2 is 1.94 bits per heavy atom. The number of ketones is 1. The molecule has 0 radical (unpaired) electrons. The molecule has 0 saturated carbocycles. The van der Waals surface area contributed by atoms with Crippen molar-refractivity contribution in [3.63, 3.8) is 0 Å². The van der Waals surface area contributed by atoms with Crippen LogP contribution in [0, 0.1) is 5.92 Å². The lowest BCUT2D eigenvalue weighted by Gasteiger charge is -2.07. The van der Waals surface area contributed by atoms with E-state index in [9.17, 15) is 4.79 Å². The van der Waals surface area contributed by atoms with Crippen LogP contribution in [0.1, 0.15) is 30.8 Å². The van der Waals surface area contributed by atoms with E-state index in [2.05, 4.69) is 5.10 Å². The second-order valence-corrected chi connectivity index (χ2v) is 4.48. The maximum atomic E-state index is 12.0. The fourth-order valence-electron chi connectivity index (χ4n) is 1.76. The molecule has 3 heteroatoms. The summed E-state index contributed by atoms with van der Waals surface area (Å²) in [6.45, 7) is 4.09. The van der Waals surface area contributed by atoms with Gasteiger partial charge in [0.15, 0.2) is 5.78 Å². The van der Waals surface area contributed by atoms with Crippen molar-refractivity contribution in [2.24, 2.45) is 5.92 Å². The largest absolute Gasteiger partial charge is 0.292 e. The van der Waals surface area contributed by atoms with Crippen LogP contribution in [0.3, 0.4) is 0 Å². The number of carbonyl (C=O) groups is 1. The zero-order valence-electron chi connectivity index (χ0n) is 10.1. The van der Waals surface area contributed by atoms with Crippen molar-refractivity contribution in [3.8, 4) is 5.69 Å². The van der Waals surface area contributed by atoms with Gasteiger partial charge in [-0.2, -0.15) is 5.10 Å². The number of Topliss-reactive ketones (excluding diaryl/α,β-unsaturated/α-hetero) is 1. The molecule has 0 aliphatic heterocycles. The van der Waals surface area contributed by atoms with E-state index in [4.69, 9.17) is 0 Å². The molecule has 0 saturated heterocycles. The molecule has 1 aromatic carbocycles. The smallest absolute Gasteiger partial charge is 0.181 e. The lowest BCUT2D eigenvalue weighted by molar-refractivity contribution is 0.0960. The highest BCUT2D eigenvalue weighted by atomic mass is 16.1. The Morgan fingerprint density at radius 1 is 1.24 bits per heavy atom. The molecule has 1 heterocycles. The molecule has 0 N–H and O–H groups in total. The first-order valence-electron chi connectivity index (χ1n) is 5.81. The average Bonchev–Trinajstić information content (AvgIpc) is 2.78. The van der Waals surface area contributed by atoms with Crippen LogP contribution in [0.5, 0.6) is 0 Å². The third-order valence-electron chi connectivity index (χ3n) is 2.52. The first-order valence-corrected chi connectivity index (χ1v) is 5.81. The quantitative estimate of drug-likeness (QED) is 0.754. The van der Waals surface area contributed by atoms with Gasteiger partial charge in [0.1, 0.15) is 5.69 Å². The normalized spacial score (nSPS) is 10.8. The number of aromatic nitrogens is 2. The monoisotopic (exact) mass is 228 g/mol. The summed E-state index contributed by atoms with van der Waals surface area (Å²) in [6, 6.07) is 11.5. The molecule has 0 fully saturated rings. The third kappa shape index (κ3) is 2.61. The minimum atomic E-state index is 0.140. The molecule has 1 aromatic heterocycles. The van der Waals surface area contributed by atoms with E-state index in [0.717, 1.165) is 5.69 Å². The van der Waals surface area contributed by atoms with Gasteiger partial charge in [-0.1, -0.05) is 32.0 Å². The third-order valence-corrected chi connectivity index (χ3v) is 2.52. The Hall–Kier alpha value is -1.90. The van der Waals surface area contributed by atoms with Gasteiger partial charge in [0, 0.05) is 6.42 Å². The number of rotatable bonds is 4. The average molecular weight is 228 g/mol. The van der Waals surface area contributed by atoms with Crippen molar-refractivity contribution in [1.82, 2.24) is 9.78 Å². The van der Waals surface area contributed by atoms with E-state index in [0.29, 0.717) is 18.0 Å². The summed E-state index contributed by atoms with van der Waals surface area (Å²) in [5.74, 6) is 0.503. The van der Waals surface area contributed by atoms with Crippen LogP contribution in [0.4, 0.5) is 0 Å². The van der Waals surface area contributed by atoms with Crippen LogP contribution in [0.15, 0.2) is 42.6 Å². The summed E-state index contributed by atoms with van der Waals surface area (Å²) in [5, 5.41) is 4.21. The minimum absolute atomic E-state index is 0.140. The Balaban J connectivity index is 2.32. The van der Waals surface area contributed by atoms with Gasteiger partial charge in [-0.25, -0.2) is 4.68 Å². The van der Waals surface area contributed by atoms with Gasteiger partial charge in [0.05, 0.1) is 11.9 Å². The Kier molecular flexibility index (Phi) is 3.38. The van der Waals surface area contributed by atoms with Crippen molar-refractivity contribution in [2.45, 2.75) is 20.3 Å². The van der Waals surface area contributed by atoms with Crippen LogP contribution >= 0.6 is 0 Å². The van der Waals surface area contributed by atoms with Gasteiger partial charge in [-0.05, 0) is 24.1 Å². The number of para-hydroxylation sites is 1. The topological polar surface area (TPSA) is 34.9 Å². The van der Waals surface area contributed by atoms with Crippen molar-refractivity contribution >= 4 is 5.78 Å². The molecule has 2 rings (SSSR count).